The van der Waals surface area contributed by atoms with E-state index in [1.54, 1.807) is 0 Å². The van der Waals surface area contributed by atoms with Crippen molar-refractivity contribution in [2.24, 2.45) is 5.73 Å². The SMILES string of the molecule is CSCC[C@H](N)C(=O)N[C@@H](CCC(=O)O)C(=O)N[C@@H](Cc1cnc[nH]1)C(=O)O. The van der Waals surface area contributed by atoms with Crippen LogP contribution in [-0.2, 0) is 25.6 Å². The molecule has 0 fully saturated rings. The van der Waals surface area contributed by atoms with Crippen LogP contribution in [0.5, 0.6) is 0 Å². The first-order chi connectivity index (χ1) is 13.2. The van der Waals surface area contributed by atoms with E-state index in [0.29, 0.717) is 17.9 Å². The summed E-state index contributed by atoms with van der Waals surface area (Å²) in [5.74, 6) is -3.17. The second-order valence-electron chi connectivity index (χ2n) is 6.06. The average Bonchev–Trinajstić information content (AvgIpc) is 3.14. The van der Waals surface area contributed by atoms with Crippen molar-refractivity contribution in [2.45, 2.75) is 43.8 Å². The maximum Gasteiger partial charge on any atom is 0.326 e. The van der Waals surface area contributed by atoms with Crippen LogP contribution in [-0.4, -0.2) is 74.1 Å². The van der Waals surface area contributed by atoms with Crippen LogP contribution in [0.2, 0.25) is 0 Å². The van der Waals surface area contributed by atoms with Crippen LogP contribution in [0.25, 0.3) is 0 Å². The summed E-state index contributed by atoms with van der Waals surface area (Å²) in [5.41, 5.74) is 6.27. The monoisotopic (exact) mass is 415 g/mol. The number of nitrogens with zero attached hydrogens (tertiary/aromatic N) is 1. The number of carboxylic acids is 2. The Morgan fingerprint density at radius 1 is 1.18 bits per heavy atom. The largest absolute Gasteiger partial charge is 0.481 e. The van der Waals surface area contributed by atoms with Crippen LogP contribution in [0.3, 0.4) is 0 Å². The van der Waals surface area contributed by atoms with Crippen molar-refractivity contribution < 1.29 is 29.4 Å². The molecule has 12 heteroatoms. The van der Waals surface area contributed by atoms with Gasteiger partial charge in [-0.2, -0.15) is 11.8 Å². The molecule has 0 aliphatic rings. The van der Waals surface area contributed by atoms with Crippen LogP contribution in [0, 0.1) is 0 Å². The molecule has 0 bridgehead atoms. The van der Waals surface area contributed by atoms with E-state index in [-0.39, 0.29) is 19.3 Å². The summed E-state index contributed by atoms with van der Waals surface area (Å²) in [6.45, 7) is 0. The van der Waals surface area contributed by atoms with Gasteiger partial charge < -0.3 is 31.6 Å². The molecule has 156 valence electrons. The number of carbonyl (C=O) groups excluding carboxylic acids is 2. The van der Waals surface area contributed by atoms with Gasteiger partial charge in [0.15, 0.2) is 0 Å². The average molecular weight is 415 g/mol. The predicted molar refractivity (Wildman–Crippen MR) is 102 cm³/mol. The highest BCUT2D eigenvalue weighted by molar-refractivity contribution is 7.98. The molecule has 0 unspecified atom stereocenters. The summed E-state index contributed by atoms with van der Waals surface area (Å²) < 4.78 is 0. The molecule has 2 amide bonds. The molecule has 1 heterocycles. The zero-order valence-electron chi connectivity index (χ0n) is 15.4. The van der Waals surface area contributed by atoms with Gasteiger partial charge in [0, 0.05) is 24.7 Å². The molecule has 0 radical (unpaired) electrons. The predicted octanol–water partition coefficient (Wildman–Crippen LogP) is -1.05. The van der Waals surface area contributed by atoms with Crippen molar-refractivity contribution in [3.8, 4) is 0 Å². The normalized spacial score (nSPS) is 13.9. The zero-order chi connectivity index (χ0) is 21.1. The Labute approximate surface area is 165 Å². The fraction of sp³-hybridized carbons (Fsp3) is 0.562. The van der Waals surface area contributed by atoms with E-state index in [4.69, 9.17) is 10.8 Å². The lowest BCUT2D eigenvalue weighted by Gasteiger charge is -2.22. The molecule has 1 aromatic rings. The molecule has 1 rings (SSSR count). The minimum Gasteiger partial charge on any atom is -0.481 e. The molecule has 0 saturated carbocycles. The molecule has 0 aliphatic heterocycles. The molecule has 0 spiro atoms. The quantitative estimate of drug-likeness (QED) is 0.234. The van der Waals surface area contributed by atoms with Gasteiger partial charge in [-0.05, 0) is 24.9 Å². The number of carboxylic acid groups (broad SMARTS) is 2. The molecule has 0 aromatic carbocycles. The number of rotatable bonds is 13. The number of H-pyrrole nitrogens is 1. The van der Waals surface area contributed by atoms with Crippen molar-refractivity contribution in [1.29, 1.82) is 0 Å². The van der Waals surface area contributed by atoms with Crippen LogP contribution in [0.4, 0.5) is 0 Å². The van der Waals surface area contributed by atoms with Crippen molar-refractivity contribution >= 4 is 35.5 Å². The number of aromatic nitrogens is 2. The van der Waals surface area contributed by atoms with Gasteiger partial charge in [-0.15, -0.1) is 0 Å². The Hall–Kier alpha value is -2.60. The maximum atomic E-state index is 12.5. The van der Waals surface area contributed by atoms with E-state index in [1.807, 2.05) is 6.26 Å². The van der Waals surface area contributed by atoms with Crippen LogP contribution in [0.15, 0.2) is 12.5 Å². The Bertz CT molecular complexity index is 668. The third kappa shape index (κ3) is 8.39. The Kier molecular flexibility index (Phi) is 10.0. The molecule has 11 nitrogen and oxygen atoms in total. The standard InChI is InChI=1S/C16H25N5O6S/c1-28-5-4-10(17)14(24)20-11(2-3-13(22)23)15(25)21-12(16(26)27)6-9-7-18-8-19-9/h7-8,10-12H,2-6,17H2,1H3,(H,18,19)(H,20,24)(H,21,25)(H,22,23)(H,26,27)/t10-,11-,12-/m0/s1. The van der Waals surface area contributed by atoms with E-state index in [0.717, 1.165) is 0 Å². The Balaban J connectivity index is 2.79. The highest BCUT2D eigenvalue weighted by atomic mass is 32.2. The lowest BCUT2D eigenvalue weighted by molar-refractivity contribution is -0.143. The molecular weight excluding hydrogens is 390 g/mol. The molecule has 0 saturated heterocycles. The van der Waals surface area contributed by atoms with Gasteiger partial charge >= 0.3 is 11.9 Å². The molecule has 0 aliphatic carbocycles. The summed E-state index contributed by atoms with van der Waals surface area (Å²) >= 11 is 1.51. The number of aromatic amines is 1. The summed E-state index contributed by atoms with van der Waals surface area (Å²) in [4.78, 5) is 53.5. The van der Waals surface area contributed by atoms with Crippen molar-refractivity contribution in [1.82, 2.24) is 20.6 Å². The summed E-state index contributed by atoms with van der Waals surface area (Å²) in [6, 6.07) is -3.34. The number of nitrogens with two attached hydrogens (primary N) is 1. The van der Waals surface area contributed by atoms with Gasteiger partial charge in [-0.1, -0.05) is 0 Å². The fourth-order valence-corrected chi connectivity index (χ4v) is 2.77. The van der Waals surface area contributed by atoms with Crippen LogP contribution in [0.1, 0.15) is 25.0 Å². The minimum absolute atomic E-state index is 0.0477. The van der Waals surface area contributed by atoms with E-state index in [1.165, 1.54) is 24.3 Å². The van der Waals surface area contributed by atoms with Crippen molar-refractivity contribution in [2.75, 3.05) is 12.0 Å². The maximum absolute atomic E-state index is 12.5. The Morgan fingerprint density at radius 3 is 2.39 bits per heavy atom. The van der Waals surface area contributed by atoms with Crippen molar-refractivity contribution in [3.63, 3.8) is 0 Å². The first-order valence-corrected chi connectivity index (χ1v) is 9.91. The van der Waals surface area contributed by atoms with Crippen LogP contribution >= 0.6 is 11.8 Å². The second-order valence-corrected chi connectivity index (χ2v) is 7.05. The van der Waals surface area contributed by atoms with Crippen molar-refractivity contribution in [3.05, 3.63) is 18.2 Å². The number of imidazole rings is 1. The number of thioether (sulfide) groups is 1. The lowest BCUT2D eigenvalue weighted by Crippen LogP contribution is -2.55. The Morgan fingerprint density at radius 2 is 1.86 bits per heavy atom. The molecule has 1 aromatic heterocycles. The lowest BCUT2D eigenvalue weighted by atomic mass is 10.1. The number of carbonyl (C=O) groups is 4. The van der Waals surface area contributed by atoms with Gasteiger partial charge in [-0.25, -0.2) is 9.78 Å². The van der Waals surface area contributed by atoms with Gasteiger partial charge in [0.2, 0.25) is 11.8 Å². The summed E-state index contributed by atoms with van der Waals surface area (Å²) in [7, 11) is 0. The van der Waals surface area contributed by atoms with E-state index in [9.17, 15) is 24.3 Å². The van der Waals surface area contributed by atoms with Crippen LogP contribution < -0.4 is 16.4 Å². The summed E-state index contributed by atoms with van der Waals surface area (Å²) in [6.07, 6.45) is 4.43. The second kappa shape index (κ2) is 12.0. The minimum atomic E-state index is -1.28. The third-order valence-electron chi connectivity index (χ3n) is 3.84. The fourth-order valence-electron chi connectivity index (χ4n) is 2.28. The molecule has 7 N–H and O–H groups in total. The first kappa shape index (κ1) is 23.4. The number of aliphatic carboxylic acids is 2. The van der Waals surface area contributed by atoms with Gasteiger partial charge in [0.05, 0.1) is 12.4 Å². The van der Waals surface area contributed by atoms with Gasteiger partial charge in [0.1, 0.15) is 12.1 Å². The van der Waals surface area contributed by atoms with Gasteiger partial charge in [0.25, 0.3) is 0 Å². The van der Waals surface area contributed by atoms with E-state index in [2.05, 4.69) is 20.6 Å². The molecule has 28 heavy (non-hydrogen) atoms. The first-order valence-electron chi connectivity index (χ1n) is 8.51. The number of hydrogen-bond donors (Lipinski definition) is 6. The van der Waals surface area contributed by atoms with E-state index >= 15 is 0 Å². The number of hydrogen-bond acceptors (Lipinski definition) is 7. The summed E-state index contributed by atoms with van der Waals surface area (Å²) in [5, 5.41) is 23.0. The highest BCUT2D eigenvalue weighted by Gasteiger charge is 2.28. The van der Waals surface area contributed by atoms with E-state index < -0.39 is 41.9 Å². The molecule has 3 atom stereocenters. The molecular formula is C16H25N5O6S. The third-order valence-corrected chi connectivity index (χ3v) is 4.49. The highest BCUT2D eigenvalue weighted by Crippen LogP contribution is 2.05. The smallest absolute Gasteiger partial charge is 0.326 e. The van der Waals surface area contributed by atoms with Gasteiger partial charge in [-0.3, -0.25) is 14.4 Å². The zero-order valence-corrected chi connectivity index (χ0v) is 16.2. The number of nitrogens with one attached hydrogen (secondary N) is 3. The topological polar surface area (TPSA) is 188 Å². The number of amides is 2.